The van der Waals surface area contributed by atoms with Crippen LogP contribution in [0.3, 0.4) is 0 Å². The summed E-state index contributed by atoms with van der Waals surface area (Å²) in [6.07, 6.45) is 0. The van der Waals surface area contributed by atoms with Crippen LogP contribution >= 0.6 is 23.4 Å². The van der Waals surface area contributed by atoms with Crippen molar-refractivity contribution in [2.45, 2.75) is 10.6 Å². The van der Waals surface area contributed by atoms with Gasteiger partial charge in [0.15, 0.2) is 0 Å². The van der Waals surface area contributed by atoms with Gasteiger partial charge in [0.2, 0.25) is 10.0 Å². The predicted molar refractivity (Wildman–Crippen MR) is 94.0 cm³/mol. The summed E-state index contributed by atoms with van der Waals surface area (Å²) in [5.41, 5.74) is 1.61. The lowest BCUT2D eigenvalue weighted by Gasteiger charge is -2.07. The first-order valence-electron chi connectivity index (χ1n) is 6.84. The van der Waals surface area contributed by atoms with E-state index >= 15 is 0 Å². The molecule has 0 aliphatic rings. The number of nitriles is 1. The van der Waals surface area contributed by atoms with Gasteiger partial charge in [-0.15, -0.1) is 0 Å². The number of halogens is 1. The topological polar surface area (TPSA) is 70.0 Å². The maximum Gasteiger partial charge on any atom is 0.240 e. The van der Waals surface area contributed by atoms with Gasteiger partial charge in [-0.25, -0.2) is 13.1 Å². The molecule has 0 saturated carbocycles. The van der Waals surface area contributed by atoms with Crippen molar-refractivity contribution in [3.63, 3.8) is 0 Å². The Morgan fingerprint density at radius 3 is 2.52 bits per heavy atom. The fourth-order valence-corrected chi connectivity index (χ4v) is 4.03. The van der Waals surface area contributed by atoms with Crippen molar-refractivity contribution in [2.75, 3.05) is 12.3 Å². The molecular formula is C16H15ClN2O2S2. The summed E-state index contributed by atoms with van der Waals surface area (Å²) in [7, 11) is -3.51. The van der Waals surface area contributed by atoms with Gasteiger partial charge in [0.05, 0.1) is 16.5 Å². The monoisotopic (exact) mass is 366 g/mol. The third-order valence-electron chi connectivity index (χ3n) is 3.06. The number of nitrogens with zero attached hydrogens (tertiary/aromatic N) is 1. The highest BCUT2D eigenvalue weighted by molar-refractivity contribution is 7.98. The molecule has 2 aromatic carbocycles. The average Bonchev–Trinajstić information content (AvgIpc) is 2.55. The third kappa shape index (κ3) is 5.26. The smallest absolute Gasteiger partial charge is 0.210 e. The molecule has 0 aliphatic heterocycles. The molecule has 0 aliphatic carbocycles. The van der Waals surface area contributed by atoms with Crippen LogP contribution in [0.5, 0.6) is 0 Å². The van der Waals surface area contributed by atoms with E-state index in [0.29, 0.717) is 28.6 Å². The van der Waals surface area contributed by atoms with Gasteiger partial charge in [-0.3, -0.25) is 0 Å². The SMILES string of the molecule is N#Cc1ccccc1CSCCNS(=O)(=O)c1ccc(Cl)cc1. The summed E-state index contributed by atoms with van der Waals surface area (Å²) >= 11 is 7.32. The molecule has 2 rings (SSSR count). The van der Waals surface area contributed by atoms with Crippen molar-refractivity contribution in [3.8, 4) is 6.07 Å². The van der Waals surface area contributed by atoms with Gasteiger partial charge in [0.1, 0.15) is 0 Å². The largest absolute Gasteiger partial charge is 0.240 e. The first-order chi connectivity index (χ1) is 11.0. The molecule has 0 unspecified atom stereocenters. The van der Waals surface area contributed by atoms with E-state index in [1.807, 2.05) is 18.2 Å². The molecule has 0 aromatic heterocycles. The van der Waals surface area contributed by atoms with Crippen LogP contribution < -0.4 is 4.72 Å². The van der Waals surface area contributed by atoms with E-state index in [2.05, 4.69) is 10.8 Å². The zero-order valence-electron chi connectivity index (χ0n) is 12.2. The van der Waals surface area contributed by atoms with E-state index < -0.39 is 10.0 Å². The molecular weight excluding hydrogens is 352 g/mol. The van der Waals surface area contributed by atoms with Gasteiger partial charge >= 0.3 is 0 Å². The van der Waals surface area contributed by atoms with Gasteiger partial charge < -0.3 is 0 Å². The standard InChI is InChI=1S/C16H15ClN2O2S2/c17-15-5-7-16(8-6-15)23(20,21)19-9-10-22-12-14-4-2-1-3-13(14)11-18/h1-8,19H,9-10,12H2. The third-order valence-corrected chi connectivity index (χ3v) is 5.79. The number of thioether (sulfide) groups is 1. The summed E-state index contributed by atoms with van der Waals surface area (Å²) in [4.78, 5) is 0.196. The highest BCUT2D eigenvalue weighted by Crippen LogP contribution is 2.16. The summed E-state index contributed by atoms with van der Waals surface area (Å²) in [6.45, 7) is 0.324. The molecule has 0 bridgehead atoms. The van der Waals surface area contributed by atoms with Crippen LogP contribution in [-0.2, 0) is 15.8 Å². The second kappa shape index (κ2) is 8.37. The molecule has 2 aromatic rings. The minimum atomic E-state index is -3.51. The van der Waals surface area contributed by atoms with Crippen LogP contribution in [0.4, 0.5) is 0 Å². The Kier molecular flexibility index (Phi) is 6.48. The normalized spacial score (nSPS) is 11.1. The van der Waals surface area contributed by atoms with E-state index in [1.54, 1.807) is 30.0 Å². The number of rotatable bonds is 7. The van der Waals surface area contributed by atoms with Crippen LogP contribution in [0.25, 0.3) is 0 Å². The summed E-state index contributed by atoms with van der Waals surface area (Å²) in [6, 6.07) is 15.6. The second-order valence-corrected chi connectivity index (χ2v) is 7.98. The van der Waals surface area contributed by atoms with Gasteiger partial charge in [-0.2, -0.15) is 17.0 Å². The van der Waals surface area contributed by atoms with E-state index in [0.717, 1.165) is 5.56 Å². The zero-order valence-corrected chi connectivity index (χ0v) is 14.6. The van der Waals surface area contributed by atoms with Crippen LogP contribution in [-0.4, -0.2) is 20.7 Å². The number of sulfonamides is 1. The molecule has 1 N–H and O–H groups in total. The first kappa shape index (κ1) is 17.8. The quantitative estimate of drug-likeness (QED) is 0.762. The van der Waals surface area contributed by atoms with Crippen LogP contribution in [0.1, 0.15) is 11.1 Å². The van der Waals surface area contributed by atoms with Crippen molar-refractivity contribution in [1.29, 1.82) is 5.26 Å². The Morgan fingerprint density at radius 1 is 1.13 bits per heavy atom. The van der Waals surface area contributed by atoms with Crippen molar-refractivity contribution in [3.05, 3.63) is 64.7 Å². The molecule has 0 radical (unpaired) electrons. The van der Waals surface area contributed by atoms with Crippen molar-refractivity contribution >= 4 is 33.4 Å². The Hall–Kier alpha value is -1.52. The van der Waals surface area contributed by atoms with Crippen LogP contribution in [0.2, 0.25) is 5.02 Å². The van der Waals surface area contributed by atoms with Crippen molar-refractivity contribution in [2.24, 2.45) is 0 Å². The van der Waals surface area contributed by atoms with Gasteiger partial charge in [-0.1, -0.05) is 29.8 Å². The number of benzene rings is 2. The molecule has 23 heavy (non-hydrogen) atoms. The Bertz CT molecular complexity index is 800. The first-order valence-corrected chi connectivity index (χ1v) is 9.85. The molecule has 0 atom stereocenters. The number of hydrogen-bond acceptors (Lipinski definition) is 4. The molecule has 4 nitrogen and oxygen atoms in total. The highest BCUT2D eigenvalue weighted by Gasteiger charge is 2.12. The maximum absolute atomic E-state index is 12.1. The molecule has 0 amide bonds. The maximum atomic E-state index is 12.1. The van der Waals surface area contributed by atoms with E-state index in [4.69, 9.17) is 16.9 Å². The summed E-state index contributed by atoms with van der Waals surface area (Å²) in [5, 5.41) is 9.51. The minimum Gasteiger partial charge on any atom is -0.210 e. The fourth-order valence-electron chi connectivity index (χ4n) is 1.88. The van der Waals surface area contributed by atoms with Crippen LogP contribution in [0, 0.1) is 11.3 Å². The van der Waals surface area contributed by atoms with E-state index in [9.17, 15) is 8.42 Å². The number of hydrogen-bond donors (Lipinski definition) is 1. The molecule has 0 spiro atoms. The minimum absolute atomic E-state index is 0.196. The predicted octanol–water partition coefficient (Wildman–Crippen LogP) is 3.42. The lowest BCUT2D eigenvalue weighted by molar-refractivity contribution is 0.584. The molecule has 0 fully saturated rings. The second-order valence-electron chi connectivity index (χ2n) is 4.67. The number of nitrogens with one attached hydrogen (secondary N) is 1. The van der Waals surface area contributed by atoms with Crippen molar-refractivity contribution < 1.29 is 8.42 Å². The average molecular weight is 367 g/mol. The van der Waals surface area contributed by atoms with Crippen LogP contribution in [0.15, 0.2) is 53.4 Å². The molecule has 0 saturated heterocycles. The van der Waals surface area contributed by atoms with Gasteiger partial charge in [-0.05, 0) is 35.9 Å². The molecule has 7 heteroatoms. The molecule has 0 heterocycles. The lowest BCUT2D eigenvalue weighted by Crippen LogP contribution is -2.26. The van der Waals surface area contributed by atoms with E-state index in [1.165, 1.54) is 12.1 Å². The lowest BCUT2D eigenvalue weighted by atomic mass is 10.1. The fraction of sp³-hybridized carbons (Fsp3) is 0.188. The Balaban J connectivity index is 1.81. The van der Waals surface area contributed by atoms with Gasteiger partial charge in [0, 0.05) is 23.1 Å². The van der Waals surface area contributed by atoms with E-state index in [-0.39, 0.29) is 4.90 Å². The summed E-state index contributed by atoms with van der Waals surface area (Å²) in [5.74, 6) is 1.29. The zero-order chi connectivity index (χ0) is 16.7. The Morgan fingerprint density at radius 2 is 1.83 bits per heavy atom. The highest BCUT2D eigenvalue weighted by atomic mass is 35.5. The summed E-state index contributed by atoms with van der Waals surface area (Å²) < 4.78 is 26.7. The van der Waals surface area contributed by atoms with Crippen molar-refractivity contribution in [1.82, 2.24) is 4.72 Å². The van der Waals surface area contributed by atoms with Gasteiger partial charge in [0.25, 0.3) is 0 Å². The molecule has 120 valence electrons. The Labute approximate surface area is 145 Å².